The Hall–Kier alpha value is -2.64. The van der Waals surface area contributed by atoms with Crippen LogP contribution >= 0.6 is 0 Å². The second-order valence-electron chi connectivity index (χ2n) is 4.19. The Morgan fingerprint density at radius 2 is 2.25 bits per heavy atom. The Balaban J connectivity index is 1.95. The van der Waals surface area contributed by atoms with Crippen LogP contribution < -0.4 is 10.5 Å². The largest absolute Gasteiger partial charge is 0.463 e. The smallest absolute Gasteiger partial charge is 0.323 e. The van der Waals surface area contributed by atoms with Gasteiger partial charge in [0, 0.05) is 0 Å². The first-order valence-electron chi connectivity index (χ1n) is 6.35. The van der Waals surface area contributed by atoms with Gasteiger partial charge in [-0.15, -0.1) is 5.10 Å². The Morgan fingerprint density at radius 3 is 3.00 bits per heavy atom. The topological polar surface area (TPSA) is 104 Å². The lowest BCUT2D eigenvalue weighted by atomic mass is 10.4. The summed E-state index contributed by atoms with van der Waals surface area (Å²) in [6.07, 6.45) is 3.51. The van der Waals surface area contributed by atoms with Crippen molar-refractivity contribution >= 4 is 11.7 Å². The van der Waals surface area contributed by atoms with E-state index in [1.807, 2.05) is 0 Å². The molecule has 0 bridgehead atoms. The van der Waals surface area contributed by atoms with Crippen LogP contribution in [0.3, 0.4) is 0 Å². The lowest BCUT2D eigenvalue weighted by Crippen LogP contribution is -2.08. The molecule has 0 spiro atoms. The standard InChI is InChI=1S/C12H14N6O2/c1-2-3-6-20-12-15-10(13)18-11(16-12)14-9(17-18)8-5-4-7-19-8/h4-5,7H,2-3,6H2,1H3,(H2,13,14,15,16,17). The average Bonchev–Trinajstić information content (AvgIpc) is 3.07. The minimum Gasteiger partial charge on any atom is -0.463 e. The summed E-state index contributed by atoms with van der Waals surface area (Å²) in [4.78, 5) is 12.5. The Morgan fingerprint density at radius 1 is 1.35 bits per heavy atom. The Labute approximate surface area is 114 Å². The first-order valence-corrected chi connectivity index (χ1v) is 6.35. The molecule has 0 saturated carbocycles. The van der Waals surface area contributed by atoms with Crippen molar-refractivity contribution in [2.45, 2.75) is 19.8 Å². The molecule has 0 aliphatic rings. The minimum atomic E-state index is 0.173. The molecule has 2 N–H and O–H groups in total. The molecule has 0 unspecified atom stereocenters. The number of unbranched alkanes of at least 4 members (excludes halogenated alkanes) is 1. The van der Waals surface area contributed by atoms with Gasteiger partial charge in [-0.3, -0.25) is 0 Å². The molecule has 0 aliphatic heterocycles. The fourth-order valence-electron chi connectivity index (χ4n) is 1.67. The fourth-order valence-corrected chi connectivity index (χ4v) is 1.67. The van der Waals surface area contributed by atoms with Crippen molar-refractivity contribution in [3.8, 4) is 17.6 Å². The molecule has 104 valence electrons. The van der Waals surface area contributed by atoms with E-state index in [0.29, 0.717) is 24.0 Å². The van der Waals surface area contributed by atoms with Crippen molar-refractivity contribution in [3.05, 3.63) is 18.4 Å². The fraction of sp³-hybridized carbons (Fsp3) is 0.333. The summed E-state index contributed by atoms with van der Waals surface area (Å²) < 4.78 is 12.0. The highest BCUT2D eigenvalue weighted by Gasteiger charge is 2.14. The van der Waals surface area contributed by atoms with Crippen LogP contribution in [0.15, 0.2) is 22.8 Å². The van der Waals surface area contributed by atoms with Crippen LogP contribution in [0.4, 0.5) is 5.95 Å². The van der Waals surface area contributed by atoms with E-state index in [2.05, 4.69) is 27.0 Å². The third-order valence-electron chi connectivity index (χ3n) is 2.68. The zero-order chi connectivity index (χ0) is 13.9. The molecule has 0 amide bonds. The van der Waals surface area contributed by atoms with Crippen LogP contribution in [0, 0.1) is 0 Å². The van der Waals surface area contributed by atoms with Gasteiger partial charge in [-0.2, -0.15) is 19.5 Å². The summed E-state index contributed by atoms with van der Waals surface area (Å²) in [5, 5.41) is 4.20. The van der Waals surface area contributed by atoms with Gasteiger partial charge in [0.2, 0.25) is 11.8 Å². The maximum absolute atomic E-state index is 5.83. The summed E-state index contributed by atoms with van der Waals surface area (Å²) in [6, 6.07) is 3.73. The van der Waals surface area contributed by atoms with Crippen LogP contribution in [0.1, 0.15) is 19.8 Å². The van der Waals surface area contributed by atoms with Crippen molar-refractivity contribution in [2.24, 2.45) is 0 Å². The predicted octanol–water partition coefficient (Wildman–Crippen LogP) is 1.54. The van der Waals surface area contributed by atoms with E-state index in [1.54, 1.807) is 18.4 Å². The van der Waals surface area contributed by atoms with E-state index >= 15 is 0 Å². The van der Waals surface area contributed by atoms with E-state index < -0.39 is 0 Å². The third kappa shape index (κ3) is 2.27. The van der Waals surface area contributed by atoms with Gasteiger partial charge in [-0.1, -0.05) is 13.3 Å². The molecule has 3 aromatic rings. The molecular formula is C12H14N6O2. The summed E-state index contributed by atoms with van der Waals surface area (Å²) in [5.74, 6) is 1.45. The highest BCUT2D eigenvalue weighted by atomic mass is 16.5. The van der Waals surface area contributed by atoms with Crippen molar-refractivity contribution in [1.29, 1.82) is 0 Å². The van der Waals surface area contributed by atoms with Gasteiger partial charge in [0.1, 0.15) is 0 Å². The van der Waals surface area contributed by atoms with Gasteiger partial charge >= 0.3 is 6.01 Å². The van der Waals surface area contributed by atoms with Gasteiger partial charge in [-0.25, -0.2) is 0 Å². The molecule has 0 radical (unpaired) electrons. The number of hydrogen-bond donors (Lipinski definition) is 1. The minimum absolute atomic E-state index is 0.173. The summed E-state index contributed by atoms with van der Waals surface area (Å²) in [5.41, 5.74) is 5.83. The van der Waals surface area contributed by atoms with E-state index in [0.717, 1.165) is 12.8 Å². The maximum atomic E-state index is 5.83. The summed E-state index contributed by atoms with van der Waals surface area (Å²) in [6.45, 7) is 2.63. The SMILES string of the molecule is CCCCOc1nc(N)n2nc(-c3ccco3)nc2n1. The van der Waals surface area contributed by atoms with Gasteiger partial charge in [0.05, 0.1) is 12.9 Å². The molecule has 0 saturated heterocycles. The van der Waals surface area contributed by atoms with Gasteiger partial charge in [0.15, 0.2) is 5.76 Å². The van der Waals surface area contributed by atoms with Crippen LogP contribution in [0.5, 0.6) is 6.01 Å². The first-order chi connectivity index (χ1) is 9.78. The number of aromatic nitrogens is 5. The molecule has 3 aromatic heterocycles. The highest BCUT2D eigenvalue weighted by molar-refractivity contribution is 5.51. The second kappa shape index (κ2) is 5.16. The quantitative estimate of drug-likeness (QED) is 0.703. The van der Waals surface area contributed by atoms with Crippen molar-refractivity contribution in [3.63, 3.8) is 0 Å². The van der Waals surface area contributed by atoms with Crippen LogP contribution in [-0.4, -0.2) is 31.2 Å². The zero-order valence-corrected chi connectivity index (χ0v) is 11.0. The van der Waals surface area contributed by atoms with E-state index in [1.165, 1.54) is 4.52 Å². The molecular weight excluding hydrogens is 260 g/mol. The molecule has 3 heterocycles. The monoisotopic (exact) mass is 274 g/mol. The van der Waals surface area contributed by atoms with E-state index in [9.17, 15) is 0 Å². The molecule has 8 heteroatoms. The number of nitrogens with zero attached hydrogens (tertiary/aromatic N) is 5. The second-order valence-corrected chi connectivity index (χ2v) is 4.19. The van der Waals surface area contributed by atoms with Crippen LogP contribution in [0.25, 0.3) is 17.4 Å². The zero-order valence-electron chi connectivity index (χ0n) is 11.0. The van der Waals surface area contributed by atoms with Crippen molar-refractivity contribution in [1.82, 2.24) is 24.6 Å². The molecule has 0 atom stereocenters. The Bertz CT molecular complexity index is 706. The molecule has 0 aliphatic carbocycles. The molecule has 3 rings (SSSR count). The molecule has 0 fully saturated rings. The maximum Gasteiger partial charge on any atom is 0.323 e. The van der Waals surface area contributed by atoms with Crippen molar-refractivity contribution < 1.29 is 9.15 Å². The average molecular weight is 274 g/mol. The summed E-state index contributed by atoms with van der Waals surface area (Å²) in [7, 11) is 0. The number of nitrogens with two attached hydrogens (primary N) is 1. The Kier molecular flexibility index (Phi) is 3.20. The number of anilines is 1. The van der Waals surface area contributed by atoms with Crippen molar-refractivity contribution in [2.75, 3.05) is 12.3 Å². The van der Waals surface area contributed by atoms with Crippen LogP contribution in [-0.2, 0) is 0 Å². The number of ether oxygens (including phenoxy) is 1. The number of fused-ring (bicyclic) bond motifs is 1. The molecule has 0 aromatic carbocycles. The van der Waals surface area contributed by atoms with Gasteiger partial charge in [-0.05, 0) is 18.6 Å². The number of rotatable bonds is 5. The number of nitrogen functional groups attached to an aromatic ring is 1. The third-order valence-corrected chi connectivity index (χ3v) is 2.68. The molecule has 8 nitrogen and oxygen atoms in total. The van der Waals surface area contributed by atoms with E-state index in [4.69, 9.17) is 14.9 Å². The van der Waals surface area contributed by atoms with Gasteiger partial charge < -0.3 is 14.9 Å². The lowest BCUT2D eigenvalue weighted by molar-refractivity contribution is 0.285. The number of hydrogen-bond acceptors (Lipinski definition) is 7. The molecule has 20 heavy (non-hydrogen) atoms. The normalized spacial score (nSPS) is 11.1. The summed E-state index contributed by atoms with van der Waals surface area (Å²) >= 11 is 0. The predicted molar refractivity (Wildman–Crippen MR) is 71.1 cm³/mol. The van der Waals surface area contributed by atoms with E-state index in [-0.39, 0.29) is 12.0 Å². The highest BCUT2D eigenvalue weighted by Crippen LogP contribution is 2.18. The van der Waals surface area contributed by atoms with Gasteiger partial charge in [0.25, 0.3) is 5.78 Å². The number of furan rings is 1. The van der Waals surface area contributed by atoms with Crippen LogP contribution in [0.2, 0.25) is 0 Å². The lowest BCUT2D eigenvalue weighted by Gasteiger charge is -2.03. The first kappa shape index (κ1) is 12.4.